The summed E-state index contributed by atoms with van der Waals surface area (Å²) in [5.41, 5.74) is 0. The predicted octanol–water partition coefficient (Wildman–Crippen LogP) is 2.06. The molecule has 0 bridgehead atoms. The molecule has 0 aromatic rings. The number of nitrogens with one attached hydrogen (secondary N) is 1. The summed E-state index contributed by atoms with van der Waals surface area (Å²) >= 11 is 0. The second kappa shape index (κ2) is 33.9. The first kappa shape index (κ1) is 42.0. The number of halogens is 2. The Morgan fingerprint density at radius 2 is 0.735 bits per heavy atom. The molecule has 1 N–H and O–H groups in total. The van der Waals surface area contributed by atoms with Crippen molar-refractivity contribution >= 4 is 0 Å². The maximum atomic E-state index is 2.34. The summed E-state index contributed by atoms with van der Waals surface area (Å²) in [5.74, 6) is 0. The Morgan fingerprint density at radius 1 is 0.441 bits per heavy atom. The zero-order valence-corrected chi connectivity index (χ0v) is 28.1. The van der Waals surface area contributed by atoms with E-state index in [1.54, 1.807) is 4.90 Å². The van der Waals surface area contributed by atoms with Crippen LogP contribution in [0, 0.1) is 0 Å². The van der Waals surface area contributed by atoms with Crippen LogP contribution in [0.15, 0.2) is 0 Å². The van der Waals surface area contributed by atoms with Crippen molar-refractivity contribution in [3.05, 3.63) is 0 Å². The van der Waals surface area contributed by atoms with Crippen LogP contribution < -0.4 is 38.9 Å². The fraction of sp³-hybridized carbons (Fsp3) is 1.00. The van der Waals surface area contributed by atoms with Gasteiger partial charge in [0.25, 0.3) is 0 Å². The molecular weight excluding hydrogens is 548 g/mol. The van der Waals surface area contributed by atoms with Crippen LogP contribution in [0.3, 0.4) is 0 Å². The zero-order valence-electron chi connectivity index (χ0n) is 25.0. The fourth-order valence-corrected chi connectivity index (χ4v) is 4.15. The molecule has 0 rings (SSSR count). The summed E-state index contributed by atoms with van der Waals surface area (Å²) in [5, 5.41) is 0. The molecule has 2 nitrogen and oxygen atoms in total. The molecule has 0 saturated carbocycles. The molecule has 0 saturated heterocycles. The van der Waals surface area contributed by atoms with Crippen molar-refractivity contribution in [1.82, 2.24) is 0 Å². The number of rotatable bonds is 23. The van der Waals surface area contributed by atoms with E-state index in [4.69, 9.17) is 0 Å². The molecule has 0 heterocycles. The van der Waals surface area contributed by atoms with Crippen molar-refractivity contribution in [2.24, 2.45) is 0 Å². The summed E-state index contributed by atoms with van der Waals surface area (Å²) in [7, 11) is 9.17. The predicted molar refractivity (Wildman–Crippen MR) is 149 cm³/mol. The second-order valence-electron chi connectivity index (χ2n) is 11.3. The molecule has 0 fully saturated rings. The topological polar surface area (TPSA) is 4.44 Å². The molecule has 4 heteroatoms. The molecule has 0 aromatic carbocycles. The van der Waals surface area contributed by atoms with Gasteiger partial charge in [-0.05, 0) is 32.6 Å². The quantitative estimate of drug-likeness (QED) is 0.133. The van der Waals surface area contributed by atoms with E-state index in [-0.39, 0.29) is 34.0 Å². The lowest BCUT2D eigenvalue weighted by Crippen LogP contribution is -3.05. The average Bonchev–Trinajstić information content (AvgIpc) is 2.76. The number of hydrogen-bond donors (Lipinski definition) is 1. The van der Waals surface area contributed by atoms with Crippen LogP contribution in [0.5, 0.6) is 0 Å². The molecule has 0 aliphatic heterocycles. The Bertz CT molecular complexity index is 336. The summed E-state index contributed by atoms with van der Waals surface area (Å²) in [6.07, 6.45) is 28.9. The summed E-state index contributed by atoms with van der Waals surface area (Å²) in [6, 6.07) is 0. The van der Waals surface area contributed by atoms with Crippen molar-refractivity contribution in [3.63, 3.8) is 0 Å². The minimum absolute atomic E-state index is 0. The lowest BCUT2D eigenvalue weighted by Gasteiger charge is -2.28. The summed E-state index contributed by atoms with van der Waals surface area (Å²) in [6.45, 7) is 10.8. The van der Waals surface area contributed by atoms with Crippen LogP contribution in [-0.4, -0.2) is 52.3 Å². The highest BCUT2D eigenvalue weighted by atomic mass is 79.9. The van der Waals surface area contributed by atoms with E-state index in [0.717, 1.165) is 0 Å². The van der Waals surface area contributed by atoms with Gasteiger partial charge in [-0.2, -0.15) is 0 Å². The summed E-state index contributed by atoms with van der Waals surface area (Å²) in [4.78, 5) is 1.59. The highest BCUT2D eigenvalue weighted by Gasteiger charge is 2.09. The van der Waals surface area contributed by atoms with Crippen LogP contribution in [0.4, 0.5) is 0 Å². The van der Waals surface area contributed by atoms with E-state index in [9.17, 15) is 0 Å². The number of nitrogens with zero attached hydrogens (tertiary/aromatic N) is 1. The zero-order chi connectivity index (χ0) is 24.3. The minimum Gasteiger partial charge on any atom is -1.00 e. The van der Waals surface area contributed by atoms with Gasteiger partial charge in [0.15, 0.2) is 0 Å². The number of unbranched alkanes of at least 4 members (excludes halogenated alkanes) is 18. The Labute approximate surface area is 239 Å². The lowest BCUT2D eigenvalue weighted by molar-refractivity contribution is -0.888. The van der Waals surface area contributed by atoms with E-state index in [1.807, 2.05) is 0 Å². The molecule has 34 heavy (non-hydrogen) atoms. The highest BCUT2D eigenvalue weighted by Crippen LogP contribution is 2.12. The van der Waals surface area contributed by atoms with E-state index < -0.39 is 0 Å². The maximum Gasteiger partial charge on any atom is 0.0782 e. The lowest BCUT2D eigenvalue weighted by atomic mass is 10.1. The average molecular weight is 617 g/mol. The van der Waals surface area contributed by atoms with Gasteiger partial charge < -0.3 is 43.3 Å². The van der Waals surface area contributed by atoms with Crippen LogP contribution in [-0.2, 0) is 0 Å². The molecular formula is C30H68Br2N2. The van der Waals surface area contributed by atoms with Crippen molar-refractivity contribution in [1.29, 1.82) is 0 Å². The molecule has 0 aromatic heterocycles. The Hall–Kier alpha value is 0.880. The second-order valence-corrected chi connectivity index (χ2v) is 11.3. The van der Waals surface area contributed by atoms with Gasteiger partial charge >= 0.3 is 0 Å². The minimum atomic E-state index is 0. The van der Waals surface area contributed by atoms with Gasteiger partial charge in [0, 0.05) is 0 Å². The molecule has 0 radical (unpaired) electrons. The monoisotopic (exact) mass is 614 g/mol. The van der Waals surface area contributed by atoms with E-state index in [0.29, 0.717) is 0 Å². The van der Waals surface area contributed by atoms with E-state index in [2.05, 4.69) is 49.0 Å². The summed E-state index contributed by atoms with van der Waals surface area (Å²) < 4.78 is 1.19. The highest BCUT2D eigenvalue weighted by molar-refractivity contribution is 4.48. The largest absolute Gasteiger partial charge is 1.00 e. The van der Waals surface area contributed by atoms with Crippen molar-refractivity contribution in [2.75, 3.05) is 47.8 Å². The third-order valence-corrected chi connectivity index (χ3v) is 7.00. The van der Waals surface area contributed by atoms with Gasteiger partial charge in [-0.3, -0.25) is 0 Å². The van der Waals surface area contributed by atoms with Gasteiger partial charge in [-0.1, -0.05) is 117 Å². The molecule has 0 aliphatic carbocycles. The van der Waals surface area contributed by atoms with Gasteiger partial charge in [-0.25, -0.2) is 0 Å². The molecule has 0 unspecified atom stereocenters. The Balaban J connectivity index is -0.000000252. The Morgan fingerprint density at radius 3 is 1.03 bits per heavy atom. The van der Waals surface area contributed by atoms with Gasteiger partial charge in [0.05, 0.1) is 47.8 Å². The van der Waals surface area contributed by atoms with Crippen molar-refractivity contribution in [2.45, 2.75) is 149 Å². The molecule has 0 atom stereocenters. The number of hydrogen-bond acceptors (Lipinski definition) is 0. The smallest absolute Gasteiger partial charge is 0.0782 e. The molecule has 212 valence electrons. The van der Waals surface area contributed by atoms with Crippen molar-refractivity contribution < 1.29 is 43.3 Å². The standard InChI is InChI=1S/C16H36N.C14H31N.2BrH/c1-5-7-8-9-10-11-12-13-14-15-16-17(3,4)6-2;1-4-5-6-7-8-9-10-11-12-13-14-15(2)3;;/h5-16H2,1-4H3;4-14H2,1-3H3;2*1H/q+1;;;/p-1. The van der Waals surface area contributed by atoms with Gasteiger partial charge in [-0.15, -0.1) is 0 Å². The maximum absolute atomic E-state index is 2.34. The fourth-order valence-electron chi connectivity index (χ4n) is 4.15. The van der Waals surface area contributed by atoms with Crippen LogP contribution in [0.2, 0.25) is 0 Å². The number of quaternary nitrogens is 2. The Kier molecular flexibility index (Phi) is 41.8. The van der Waals surface area contributed by atoms with E-state index >= 15 is 0 Å². The molecule has 0 amide bonds. The van der Waals surface area contributed by atoms with Gasteiger partial charge in [0.2, 0.25) is 0 Å². The first-order valence-corrected chi connectivity index (χ1v) is 15.0. The first-order valence-electron chi connectivity index (χ1n) is 15.0. The SMILES string of the molecule is CCCCCCCCCCCC[N+](C)(C)CC.CCCCCCCCCCCC[NH+](C)C.[Br-].[Br-]. The third kappa shape index (κ3) is 40.1. The normalized spacial score (nSPS) is 10.9. The van der Waals surface area contributed by atoms with Crippen LogP contribution in [0.1, 0.15) is 149 Å². The van der Waals surface area contributed by atoms with Crippen LogP contribution >= 0.6 is 0 Å². The van der Waals surface area contributed by atoms with Crippen molar-refractivity contribution in [3.8, 4) is 0 Å². The van der Waals surface area contributed by atoms with Crippen LogP contribution in [0.25, 0.3) is 0 Å². The van der Waals surface area contributed by atoms with E-state index in [1.165, 1.54) is 153 Å². The molecule has 0 aliphatic rings. The van der Waals surface area contributed by atoms with Gasteiger partial charge in [0.1, 0.15) is 0 Å². The molecule has 0 spiro atoms. The first-order chi connectivity index (χ1) is 15.4. The third-order valence-electron chi connectivity index (χ3n) is 7.00.